The van der Waals surface area contributed by atoms with Gasteiger partial charge in [-0.2, -0.15) is 0 Å². The zero-order chi connectivity index (χ0) is 13.3. The van der Waals surface area contributed by atoms with Crippen molar-refractivity contribution < 1.29 is 19.7 Å². The summed E-state index contributed by atoms with van der Waals surface area (Å²) >= 11 is 0. The molecule has 0 aliphatic heterocycles. The second kappa shape index (κ2) is 4.41. The molecule has 4 nitrogen and oxygen atoms in total. The Hall–Kier alpha value is -2.49. The van der Waals surface area contributed by atoms with Gasteiger partial charge >= 0.3 is 5.97 Å². The second-order valence-electron chi connectivity index (χ2n) is 3.95. The molecule has 0 atom stereocenters. The molecule has 0 saturated carbocycles. The maximum absolute atomic E-state index is 11.5. The second-order valence-corrected chi connectivity index (χ2v) is 3.95. The number of carbonyl (C=O) groups excluding carboxylic acids is 1. The van der Waals surface area contributed by atoms with Crippen molar-refractivity contribution in [2.45, 2.75) is 6.92 Å². The first-order valence-electron chi connectivity index (χ1n) is 5.32. The van der Waals surface area contributed by atoms with Crippen molar-refractivity contribution >= 4 is 16.7 Å². The summed E-state index contributed by atoms with van der Waals surface area (Å²) in [5.74, 6) is -0.669. The van der Waals surface area contributed by atoms with Gasteiger partial charge in [0.05, 0.1) is 0 Å². The van der Waals surface area contributed by atoms with E-state index in [1.54, 1.807) is 31.2 Å². The Morgan fingerprint density at radius 1 is 1.17 bits per heavy atom. The fourth-order valence-corrected chi connectivity index (χ4v) is 1.58. The van der Waals surface area contributed by atoms with Crippen LogP contribution in [-0.4, -0.2) is 16.2 Å². The SMILES string of the molecule is C=C(C)C(=O)Oc1cccc2c(O)c(O)ccc12. The standard InChI is InChI=1S/C14H12O4/c1-8(2)14(17)18-12-5-3-4-10-9(12)6-7-11(15)13(10)16/h3-7,15-16H,1H2,2H3. The Kier molecular flexibility index (Phi) is 2.93. The Bertz CT molecular complexity index is 644. The average molecular weight is 244 g/mol. The van der Waals surface area contributed by atoms with E-state index in [1.807, 2.05) is 0 Å². The van der Waals surface area contributed by atoms with Gasteiger partial charge in [-0.1, -0.05) is 18.7 Å². The average Bonchev–Trinajstić information content (AvgIpc) is 2.34. The Labute approximate surface area is 104 Å². The van der Waals surface area contributed by atoms with Gasteiger partial charge in [-0.05, 0) is 25.1 Å². The molecule has 0 radical (unpaired) electrons. The van der Waals surface area contributed by atoms with E-state index in [4.69, 9.17) is 4.74 Å². The number of hydrogen-bond donors (Lipinski definition) is 2. The van der Waals surface area contributed by atoms with Crippen LogP contribution >= 0.6 is 0 Å². The first kappa shape index (κ1) is 12.0. The fourth-order valence-electron chi connectivity index (χ4n) is 1.58. The zero-order valence-corrected chi connectivity index (χ0v) is 9.80. The van der Waals surface area contributed by atoms with E-state index in [0.29, 0.717) is 16.5 Å². The van der Waals surface area contributed by atoms with Crippen LogP contribution in [0.1, 0.15) is 6.92 Å². The Morgan fingerprint density at radius 2 is 1.89 bits per heavy atom. The van der Waals surface area contributed by atoms with Crippen LogP contribution in [0.4, 0.5) is 0 Å². The zero-order valence-electron chi connectivity index (χ0n) is 9.80. The van der Waals surface area contributed by atoms with Crippen LogP contribution < -0.4 is 4.74 Å². The van der Waals surface area contributed by atoms with Crippen LogP contribution in [0.3, 0.4) is 0 Å². The Morgan fingerprint density at radius 3 is 2.56 bits per heavy atom. The summed E-state index contributed by atoms with van der Waals surface area (Å²) in [5.41, 5.74) is 0.287. The minimum absolute atomic E-state index is 0.217. The molecular weight excluding hydrogens is 232 g/mol. The normalized spacial score (nSPS) is 10.3. The van der Waals surface area contributed by atoms with Gasteiger partial charge in [-0.25, -0.2) is 4.79 Å². The van der Waals surface area contributed by atoms with E-state index >= 15 is 0 Å². The summed E-state index contributed by atoms with van der Waals surface area (Å²) in [5, 5.41) is 20.1. The highest BCUT2D eigenvalue weighted by atomic mass is 16.5. The quantitative estimate of drug-likeness (QED) is 0.369. The summed E-state index contributed by atoms with van der Waals surface area (Å²) in [4.78, 5) is 11.5. The smallest absolute Gasteiger partial charge is 0.338 e. The van der Waals surface area contributed by atoms with Gasteiger partial charge in [0.2, 0.25) is 0 Å². The van der Waals surface area contributed by atoms with Gasteiger partial charge in [-0.15, -0.1) is 0 Å². The van der Waals surface area contributed by atoms with E-state index < -0.39 is 5.97 Å². The van der Waals surface area contributed by atoms with Gasteiger partial charge in [0, 0.05) is 16.3 Å². The van der Waals surface area contributed by atoms with Crippen molar-refractivity contribution in [2.75, 3.05) is 0 Å². The van der Waals surface area contributed by atoms with E-state index in [9.17, 15) is 15.0 Å². The molecule has 0 bridgehead atoms. The molecule has 2 aromatic rings. The van der Waals surface area contributed by atoms with Gasteiger partial charge in [-0.3, -0.25) is 0 Å². The third kappa shape index (κ3) is 2.00. The highest BCUT2D eigenvalue weighted by Crippen LogP contribution is 2.37. The third-order valence-corrected chi connectivity index (χ3v) is 2.52. The predicted octanol–water partition coefficient (Wildman–Crippen LogP) is 2.73. The van der Waals surface area contributed by atoms with Crippen molar-refractivity contribution in [3.63, 3.8) is 0 Å². The van der Waals surface area contributed by atoms with Crippen molar-refractivity contribution in [1.82, 2.24) is 0 Å². The largest absolute Gasteiger partial charge is 0.504 e. The Balaban J connectivity index is 2.56. The molecule has 2 rings (SSSR count). The fraction of sp³-hybridized carbons (Fsp3) is 0.0714. The number of phenols is 2. The molecule has 2 aromatic carbocycles. The van der Waals surface area contributed by atoms with Gasteiger partial charge < -0.3 is 14.9 Å². The van der Waals surface area contributed by atoms with Crippen LogP contribution in [-0.2, 0) is 4.79 Å². The van der Waals surface area contributed by atoms with Crippen LogP contribution in [0.25, 0.3) is 10.8 Å². The number of rotatable bonds is 2. The molecule has 92 valence electrons. The van der Waals surface area contributed by atoms with Crippen molar-refractivity contribution in [1.29, 1.82) is 0 Å². The number of hydrogen-bond acceptors (Lipinski definition) is 4. The molecule has 4 heteroatoms. The van der Waals surface area contributed by atoms with E-state index in [1.165, 1.54) is 6.07 Å². The molecule has 0 unspecified atom stereocenters. The van der Waals surface area contributed by atoms with E-state index in [0.717, 1.165) is 0 Å². The number of ether oxygens (including phenoxy) is 1. The van der Waals surface area contributed by atoms with Gasteiger partial charge in [0.25, 0.3) is 0 Å². The van der Waals surface area contributed by atoms with Gasteiger partial charge in [0.1, 0.15) is 5.75 Å². The van der Waals surface area contributed by atoms with E-state index in [-0.39, 0.29) is 17.1 Å². The lowest BCUT2D eigenvalue weighted by Crippen LogP contribution is -2.08. The molecule has 0 aliphatic rings. The molecule has 0 fully saturated rings. The van der Waals surface area contributed by atoms with Crippen molar-refractivity contribution in [3.8, 4) is 17.2 Å². The highest BCUT2D eigenvalue weighted by Gasteiger charge is 2.12. The molecule has 0 heterocycles. The number of carbonyl (C=O) groups is 1. The molecule has 0 spiro atoms. The van der Waals surface area contributed by atoms with Gasteiger partial charge in [0.15, 0.2) is 11.5 Å². The monoisotopic (exact) mass is 244 g/mol. The number of aromatic hydroxyl groups is 2. The van der Waals surface area contributed by atoms with Crippen LogP contribution in [0.5, 0.6) is 17.2 Å². The highest BCUT2D eigenvalue weighted by molar-refractivity contribution is 5.97. The summed E-state index contributed by atoms with van der Waals surface area (Å²) < 4.78 is 5.15. The number of esters is 1. The topological polar surface area (TPSA) is 66.8 Å². The van der Waals surface area contributed by atoms with Crippen LogP contribution in [0, 0.1) is 0 Å². The van der Waals surface area contributed by atoms with Crippen LogP contribution in [0.15, 0.2) is 42.5 Å². The maximum atomic E-state index is 11.5. The molecule has 0 saturated heterocycles. The van der Waals surface area contributed by atoms with Crippen LogP contribution in [0.2, 0.25) is 0 Å². The maximum Gasteiger partial charge on any atom is 0.338 e. The lowest BCUT2D eigenvalue weighted by atomic mass is 10.1. The molecule has 18 heavy (non-hydrogen) atoms. The predicted molar refractivity (Wildman–Crippen MR) is 67.7 cm³/mol. The van der Waals surface area contributed by atoms with Crippen molar-refractivity contribution in [3.05, 3.63) is 42.5 Å². The summed E-state index contributed by atoms with van der Waals surface area (Å²) in [6, 6.07) is 7.78. The number of benzene rings is 2. The minimum Gasteiger partial charge on any atom is -0.504 e. The van der Waals surface area contributed by atoms with Crippen molar-refractivity contribution in [2.24, 2.45) is 0 Å². The summed E-state index contributed by atoms with van der Waals surface area (Å²) in [7, 11) is 0. The molecule has 2 N–H and O–H groups in total. The first-order valence-corrected chi connectivity index (χ1v) is 5.32. The minimum atomic E-state index is -0.532. The molecular formula is C14H12O4. The third-order valence-electron chi connectivity index (χ3n) is 2.52. The molecule has 0 amide bonds. The number of phenolic OH excluding ortho intramolecular Hbond substituents is 2. The first-order chi connectivity index (χ1) is 8.50. The summed E-state index contributed by atoms with van der Waals surface area (Å²) in [6.07, 6.45) is 0. The van der Waals surface area contributed by atoms with E-state index in [2.05, 4.69) is 6.58 Å². The molecule has 0 aliphatic carbocycles. The summed E-state index contributed by atoms with van der Waals surface area (Å²) in [6.45, 7) is 5.05. The molecule has 0 aromatic heterocycles. The lowest BCUT2D eigenvalue weighted by molar-refractivity contribution is -0.129. The number of fused-ring (bicyclic) bond motifs is 1. The lowest BCUT2D eigenvalue weighted by Gasteiger charge is -2.09.